The van der Waals surface area contributed by atoms with Crippen molar-refractivity contribution in [3.8, 4) is 0 Å². The summed E-state index contributed by atoms with van der Waals surface area (Å²) in [6, 6.07) is -1.26. The smallest absolute Gasteiger partial charge is 0.329 e. The molecule has 0 radical (unpaired) electrons. The zero-order valence-electron chi connectivity index (χ0n) is 52.1. The molecule has 0 aromatic rings. The van der Waals surface area contributed by atoms with Gasteiger partial charge < -0.3 is 93.5 Å². The van der Waals surface area contributed by atoms with Crippen LogP contribution in [0.15, 0.2) is 47.6 Å². The summed E-state index contributed by atoms with van der Waals surface area (Å²) in [6.07, 6.45) is -8.81. The van der Waals surface area contributed by atoms with Crippen molar-refractivity contribution < 1.29 is 113 Å². The number of piperidine rings is 1. The van der Waals surface area contributed by atoms with Crippen LogP contribution in [0.25, 0.3) is 0 Å². The Bertz CT molecular complexity index is 2400. The first-order valence-corrected chi connectivity index (χ1v) is 31.0. The Morgan fingerprint density at radius 1 is 0.724 bits per heavy atom. The van der Waals surface area contributed by atoms with E-state index in [0.29, 0.717) is 57.8 Å². The first-order chi connectivity index (χ1) is 41.2. The third kappa shape index (κ3) is 18.1. The molecule has 24 heteroatoms. The van der Waals surface area contributed by atoms with Crippen LogP contribution in [-0.4, -0.2) is 237 Å². The summed E-state index contributed by atoms with van der Waals surface area (Å²) in [5.74, 6) is -9.66. The van der Waals surface area contributed by atoms with Crippen LogP contribution >= 0.6 is 0 Å². The van der Waals surface area contributed by atoms with Crippen LogP contribution in [0, 0.1) is 35.5 Å². The van der Waals surface area contributed by atoms with Crippen LogP contribution in [0.3, 0.4) is 0 Å². The molecule has 5 fully saturated rings. The Morgan fingerprint density at radius 2 is 1.40 bits per heavy atom. The van der Waals surface area contributed by atoms with E-state index in [1.807, 2.05) is 51.2 Å². The molecule has 1 aliphatic carbocycles. The Balaban J connectivity index is 1.36. The number of esters is 1. The molecule has 9 N–H and O–H groups in total. The third-order valence-corrected chi connectivity index (χ3v) is 18.7. The summed E-state index contributed by atoms with van der Waals surface area (Å²) in [5, 5.41) is 97.6. The molecule has 0 aromatic heterocycles. The highest BCUT2D eigenvalue weighted by atomic mass is 16.7. The maximum absolute atomic E-state index is 14.8. The van der Waals surface area contributed by atoms with Crippen LogP contribution in [0.2, 0.25) is 0 Å². The number of allylic oxidation sites excluding steroid dienone is 6. The predicted molar refractivity (Wildman–Crippen MR) is 310 cm³/mol. The average molecular weight is 1240 g/mol. The van der Waals surface area contributed by atoms with Crippen molar-refractivity contribution in [2.45, 2.75) is 241 Å². The van der Waals surface area contributed by atoms with E-state index < -0.39 is 182 Å². The van der Waals surface area contributed by atoms with Crippen molar-refractivity contribution in [2.75, 3.05) is 41.1 Å². The highest BCUT2D eigenvalue weighted by molar-refractivity contribution is 6.39. The Kier molecular flexibility index (Phi) is 27.4. The Morgan fingerprint density at radius 3 is 2.07 bits per heavy atom. The van der Waals surface area contributed by atoms with Crippen molar-refractivity contribution >= 4 is 29.2 Å². The number of ketones is 3. The highest BCUT2D eigenvalue weighted by Gasteiger charge is 2.54. The van der Waals surface area contributed by atoms with Gasteiger partial charge in [-0.2, -0.15) is 0 Å². The molecule has 6 aliphatic rings. The molecule has 0 aromatic carbocycles. The number of methoxy groups -OCH3 is 3. The number of hydrogen-bond donors (Lipinski definition) is 9. The molecule has 4 saturated heterocycles. The second-order valence-electron chi connectivity index (χ2n) is 25.2. The van der Waals surface area contributed by atoms with Gasteiger partial charge in [0.1, 0.15) is 79.0 Å². The number of hydrogen-bond acceptors (Lipinski definition) is 23. The summed E-state index contributed by atoms with van der Waals surface area (Å²) in [5.41, 5.74) is 1.04. The molecule has 4 unspecified atom stereocenters. The van der Waals surface area contributed by atoms with Gasteiger partial charge in [-0.3, -0.25) is 19.2 Å². The second-order valence-corrected chi connectivity index (χ2v) is 25.2. The van der Waals surface area contributed by atoms with Crippen molar-refractivity contribution in [3.05, 3.63) is 47.6 Å². The van der Waals surface area contributed by atoms with E-state index in [1.54, 1.807) is 27.7 Å². The van der Waals surface area contributed by atoms with E-state index in [0.717, 1.165) is 10.5 Å². The largest absolute Gasteiger partial charge is 0.460 e. The monoisotopic (exact) mass is 1240 g/mol. The number of aliphatic hydroxyl groups is 9. The predicted octanol–water partition coefficient (Wildman–Crippen LogP) is 1.83. The lowest BCUT2D eigenvalue weighted by Gasteiger charge is -2.43. The number of aliphatic hydroxyl groups excluding tert-OH is 8. The fraction of sp³-hybridized carbons (Fsp3) is 0.794. The number of nitrogens with zero attached hydrogens (tertiary/aromatic N) is 1. The highest BCUT2D eigenvalue weighted by Crippen LogP contribution is 2.39. The summed E-state index contributed by atoms with van der Waals surface area (Å²) in [6.45, 7) is 10.7. The lowest BCUT2D eigenvalue weighted by Crippen LogP contribution is -2.62. The molecule has 2 bridgehead atoms. The molecule has 24 nitrogen and oxygen atoms in total. The molecule has 5 aliphatic heterocycles. The normalized spacial score (nSPS) is 43.9. The summed E-state index contributed by atoms with van der Waals surface area (Å²) in [4.78, 5) is 74.3. The number of cyclic esters (lactones) is 1. The first kappa shape index (κ1) is 72.3. The number of fused-ring (bicyclic) bond motifs is 3. The van der Waals surface area contributed by atoms with Crippen molar-refractivity contribution in [3.63, 3.8) is 0 Å². The van der Waals surface area contributed by atoms with Crippen LogP contribution in [0.1, 0.15) is 126 Å². The van der Waals surface area contributed by atoms with E-state index in [9.17, 15) is 69.9 Å². The Hall–Kier alpha value is -3.77. The molecule has 1 saturated carbocycles. The van der Waals surface area contributed by atoms with Crippen LogP contribution in [-0.2, 0) is 66.6 Å². The standard InChI is InChI=1S/C63H99NO23/c1-32-16-12-11-13-17-33(2)44(79-8)28-40-21-19-38(7)63(78,87-40)58(75)59(76)64-23-15-14-18-41(64)60(77)83-45(35(4)26-39-20-22-42(66)46(27-39)80-9)29-43(67)34(3)25-37(6)56(57(81-10)49(68)36(5)24-32)86-62-55(74)53(72)51(70)48(85-62)31-82-61-54(73)52(71)50(69)47(30-65)84-61/h11-13,16-17,25,32,34-36,38-42,44-48,50-57,61-62,65-66,69-74,78H,14-15,18-24,26-31H2,1-10H3/b13-11+,16-12+,33-17+,37-25+/t32-,34-,35-,36-,38-,39?,40+,41?,42-,44+,45+,46-,47+,48+,50+,51+,52-,53-,54+,55+,56-,57+,61?,62?,63-/m1/s1. The molecular formula is C63H99NO23. The van der Waals surface area contributed by atoms with Gasteiger partial charge >= 0.3 is 5.97 Å². The molecular weight excluding hydrogens is 1140 g/mol. The van der Waals surface area contributed by atoms with E-state index in [4.69, 9.17) is 42.6 Å². The van der Waals surface area contributed by atoms with Gasteiger partial charge in [0, 0.05) is 58.5 Å². The topological polar surface area (TPSA) is 354 Å². The van der Waals surface area contributed by atoms with Gasteiger partial charge in [-0.15, -0.1) is 0 Å². The molecule has 5 heterocycles. The maximum atomic E-state index is 14.8. The molecule has 494 valence electrons. The zero-order chi connectivity index (χ0) is 64.2. The van der Waals surface area contributed by atoms with Crippen LogP contribution < -0.4 is 0 Å². The van der Waals surface area contributed by atoms with Gasteiger partial charge in [0.15, 0.2) is 18.4 Å². The number of Topliss-reactive ketones (excluding diaryl/α,β-unsaturated/α-hetero) is 3. The summed E-state index contributed by atoms with van der Waals surface area (Å²) >= 11 is 0. The number of carbonyl (C=O) groups excluding carboxylic acids is 5. The third-order valence-electron chi connectivity index (χ3n) is 18.7. The van der Waals surface area contributed by atoms with Crippen molar-refractivity contribution in [2.24, 2.45) is 35.5 Å². The summed E-state index contributed by atoms with van der Waals surface area (Å²) < 4.78 is 53.6. The van der Waals surface area contributed by atoms with Gasteiger partial charge in [-0.25, -0.2) is 4.79 Å². The van der Waals surface area contributed by atoms with Crippen LogP contribution in [0.4, 0.5) is 0 Å². The van der Waals surface area contributed by atoms with Gasteiger partial charge in [-0.1, -0.05) is 71.1 Å². The molecule has 1 amide bonds. The number of ether oxygens (including phenoxy) is 9. The number of carbonyl (C=O) groups is 5. The van der Waals surface area contributed by atoms with Crippen molar-refractivity contribution in [1.29, 1.82) is 0 Å². The molecule has 25 atom stereocenters. The lowest BCUT2D eigenvalue weighted by atomic mass is 9.78. The second kappa shape index (κ2) is 33.0. The lowest BCUT2D eigenvalue weighted by molar-refractivity contribution is -0.336. The van der Waals surface area contributed by atoms with E-state index >= 15 is 0 Å². The van der Waals surface area contributed by atoms with E-state index in [-0.39, 0.29) is 43.2 Å². The maximum Gasteiger partial charge on any atom is 0.329 e. The van der Waals surface area contributed by atoms with Gasteiger partial charge in [0.2, 0.25) is 5.79 Å². The SMILES string of the molecule is CO[C@H]1C[C@@H]2CC[C@@H](C)[C@@](O)(O2)C(=O)C(=O)N2CCCCC2C(=O)O[C@H]([C@H](C)CC2CC[C@@H](O)[C@H](OC)C2)CC(=O)[C@H](C)/C=C(\C)[C@@H](OC2O[C@@H](COC3O[C@@H](CO)[C@H](O)[C@@H](O)[C@@H]3O)[C@H](O)[C@@H](O)[C@@H]2O)[C@@H](OC)C(=O)[C@H](C)C[C@H](C)/C=C/C=C/C=C/1C. The minimum atomic E-state index is -2.51. The average Bonchev–Trinajstić information content (AvgIpc) is 2.56. The first-order valence-electron chi connectivity index (χ1n) is 31.0. The minimum Gasteiger partial charge on any atom is -0.460 e. The van der Waals surface area contributed by atoms with Gasteiger partial charge in [0.25, 0.3) is 11.7 Å². The minimum absolute atomic E-state index is 0.00148. The van der Waals surface area contributed by atoms with E-state index in [1.165, 1.54) is 27.4 Å². The summed E-state index contributed by atoms with van der Waals surface area (Å²) in [7, 11) is 4.34. The van der Waals surface area contributed by atoms with Crippen molar-refractivity contribution in [1.82, 2.24) is 4.90 Å². The molecule has 6 rings (SSSR count). The van der Waals surface area contributed by atoms with Crippen LogP contribution in [0.5, 0.6) is 0 Å². The quantitative estimate of drug-likeness (QED) is 0.0764. The van der Waals surface area contributed by atoms with Gasteiger partial charge in [-0.05, 0) is 107 Å². The van der Waals surface area contributed by atoms with E-state index in [2.05, 4.69) is 0 Å². The zero-order valence-corrected chi connectivity index (χ0v) is 52.1. The number of rotatable bonds is 12. The number of amides is 1. The fourth-order valence-corrected chi connectivity index (χ4v) is 13.0. The van der Waals surface area contributed by atoms with Gasteiger partial charge in [0.05, 0.1) is 37.6 Å². The molecule has 0 spiro atoms. The Labute approximate surface area is 510 Å². The molecule has 87 heavy (non-hydrogen) atoms. The fourth-order valence-electron chi connectivity index (χ4n) is 13.0.